The van der Waals surface area contributed by atoms with E-state index in [0.29, 0.717) is 25.8 Å². The van der Waals surface area contributed by atoms with E-state index >= 15 is 0 Å². The summed E-state index contributed by atoms with van der Waals surface area (Å²) in [6, 6.07) is 0.328. The number of likely N-dealkylation sites (tertiary alicyclic amines) is 1. The fraction of sp³-hybridized carbons (Fsp3) is 0.909. The highest BCUT2D eigenvalue weighted by Gasteiger charge is 2.22. The highest BCUT2D eigenvalue weighted by molar-refractivity contribution is 5.85. The first-order chi connectivity index (χ1) is 7.75. The van der Waals surface area contributed by atoms with Crippen molar-refractivity contribution in [3.8, 4) is 0 Å². The third-order valence-electron chi connectivity index (χ3n) is 3.35. The van der Waals surface area contributed by atoms with Gasteiger partial charge in [0, 0.05) is 32.2 Å². The van der Waals surface area contributed by atoms with E-state index in [0.717, 1.165) is 39.0 Å². The standard InChI is InChI=1S/C11H21N3O2.2ClH/c12-10-1-3-13(4-2-10)9-11(15)14-5-7-16-8-6-14;;/h10H,1-9,12H2;2*1H. The van der Waals surface area contributed by atoms with Crippen molar-refractivity contribution in [3.63, 3.8) is 0 Å². The van der Waals surface area contributed by atoms with Gasteiger partial charge in [-0.25, -0.2) is 0 Å². The number of morpholine rings is 1. The molecule has 0 saturated carbocycles. The largest absolute Gasteiger partial charge is 0.378 e. The molecule has 0 aliphatic carbocycles. The van der Waals surface area contributed by atoms with Crippen LogP contribution in [0.4, 0.5) is 0 Å². The van der Waals surface area contributed by atoms with Crippen LogP contribution in [0.5, 0.6) is 0 Å². The van der Waals surface area contributed by atoms with E-state index in [-0.39, 0.29) is 30.7 Å². The first kappa shape index (κ1) is 17.9. The van der Waals surface area contributed by atoms with Gasteiger partial charge in [0.1, 0.15) is 0 Å². The second-order valence-corrected chi connectivity index (χ2v) is 4.61. The SMILES string of the molecule is Cl.Cl.NC1CCN(CC(=O)N2CCOCC2)CC1. The third kappa shape index (κ3) is 5.28. The van der Waals surface area contributed by atoms with E-state index in [1.54, 1.807) is 0 Å². The Labute approximate surface area is 121 Å². The van der Waals surface area contributed by atoms with Gasteiger partial charge in [-0.2, -0.15) is 0 Å². The van der Waals surface area contributed by atoms with E-state index in [1.807, 2.05) is 4.90 Å². The maximum absolute atomic E-state index is 11.9. The second kappa shape index (κ2) is 8.93. The maximum atomic E-state index is 11.9. The number of nitrogens with zero attached hydrogens (tertiary/aromatic N) is 2. The summed E-state index contributed by atoms with van der Waals surface area (Å²) >= 11 is 0. The fourth-order valence-corrected chi connectivity index (χ4v) is 2.22. The Morgan fingerprint density at radius 1 is 1.11 bits per heavy atom. The monoisotopic (exact) mass is 299 g/mol. The maximum Gasteiger partial charge on any atom is 0.236 e. The van der Waals surface area contributed by atoms with Crippen LogP contribution < -0.4 is 5.73 Å². The predicted octanol–water partition coefficient (Wildman–Crippen LogP) is 0.112. The molecule has 2 fully saturated rings. The highest BCUT2D eigenvalue weighted by atomic mass is 35.5. The van der Waals surface area contributed by atoms with Gasteiger partial charge in [-0.1, -0.05) is 0 Å². The molecule has 18 heavy (non-hydrogen) atoms. The van der Waals surface area contributed by atoms with Crippen molar-refractivity contribution >= 4 is 30.7 Å². The van der Waals surface area contributed by atoms with Crippen LogP contribution in [-0.2, 0) is 9.53 Å². The van der Waals surface area contributed by atoms with Crippen LogP contribution in [0.2, 0.25) is 0 Å². The Bertz CT molecular complexity index is 242. The van der Waals surface area contributed by atoms with Gasteiger partial charge in [-0.3, -0.25) is 9.69 Å². The van der Waals surface area contributed by atoms with Crippen molar-refractivity contribution in [1.82, 2.24) is 9.80 Å². The van der Waals surface area contributed by atoms with Crippen LogP contribution >= 0.6 is 24.8 Å². The normalized spacial score (nSPS) is 21.9. The Hall–Kier alpha value is -0.0700. The van der Waals surface area contributed by atoms with Crippen molar-refractivity contribution in [2.24, 2.45) is 5.73 Å². The molecule has 7 heteroatoms. The van der Waals surface area contributed by atoms with Gasteiger partial charge in [0.05, 0.1) is 19.8 Å². The fourth-order valence-electron chi connectivity index (χ4n) is 2.22. The van der Waals surface area contributed by atoms with E-state index in [4.69, 9.17) is 10.5 Å². The molecule has 2 rings (SSSR count). The molecule has 0 spiro atoms. The molecule has 0 unspecified atom stereocenters. The van der Waals surface area contributed by atoms with Gasteiger partial charge in [0.25, 0.3) is 0 Å². The lowest BCUT2D eigenvalue weighted by Gasteiger charge is -2.33. The van der Waals surface area contributed by atoms with E-state index < -0.39 is 0 Å². The van der Waals surface area contributed by atoms with Gasteiger partial charge in [-0.15, -0.1) is 24.8 Å². The summed E-state index contributed by atoms with van der Waals surface area (Å²) in [7, 11) is 0. The lowest BCUT2D eigenvalue weighted by molar-refractivity contribution is -0.136. The zero-order valence-corrected chi connectivity index (χ0v) is 12.2. The van der Waals surface area contributed by atoms with E-state index in [2.05, 4.69) is 4.90 Å². The summed E-state index contributed by atoms with van der Waals surface area (Å²) in [5.41, 5.74) is 5.83. The molecule has 2 saturated heterocycles. The molecule has 0 aromatic rings. The molecule has 0 aromatic heterocycles. The number of hydrogen-bond donors (Lipinski definition) is 1. The average Bonchev–Trinajstić information content (AvgIpc) is 2.33. The molecule has 108 valence electrons. The summed E-state index contributed by atoms with van der Waals surface area (Å²) in [6.45, 7) is 5.30. The lowest BCUT2D eigenvalue weighted by atomic mass is 10.1. The highest BCUT2D eigenvalue weighted by Crippen LogP contribution is 2.08. The van der Waals surface area contributed by atoms with Crippen molar-refractivity contribution < 1.29 is 9.53 Å². The van der Waals surface area contributed by atoms with E-state index in [9.17, 15) is 4.79 Å². The van der Waals surface area contributed by atoms with Crippen LogP contribution in [0, 0.1) is 0 Å². The number of amides is 1. The zero-order chi connectivity index (χ0) is 11.4. The first-order valence-electron chi connectivity index (χ1n) is 6.09. The van der Waals surface area contributed by atoms with Gasteiger partial charge in [-0.05, 0) is 12.8 Å². The third-order valence-corrected chi connectivity index (χ3v) is 3.35. The van der Waals surface area contributed by atoms with Crippen molar-refractivity contribution in [2.75, 3.05) is 45.9 Å². The Morgan fingerprint density at radius 2 is 1.67 bits per heavy atom. The molecular weight excluding hydrogens is 277 g/mol. The number of carbonyl (C=O) groups excluding carboxylic acids is 1. The number of hydrogen-bond acceptors (Lipinski definition) is 4. The number of carbonyl (C=O) groups is 1. The lowest BCUT2D eigenvalue weighted by Crippen LogP contribution is -2.48. The molecule has 1 amide bonds. The Kier molecular flexibility index (Phi) is 8.90. The molecule has 0 aromatic carbocycles. The van der Waals surface area contributed by atoms with Gasteiger partial charge < -0.3 is 15.4 Å². The van der Waals surface area contributed by atoms with Crippen LogP contribution in [0.1, 0.15) is 12.8 Å². The minimum absolute atomic E-state index is 0. The van der Waals surface area contributed by atoms with Crippen LogP contribution in [0.25, 0.3) is 0 Å². The molecule has 2 heterocycles. The summed E-state index contributed by atoms with van der Waals surface area (Å²) in [5.74, 6) is 0.235. The molecule has 0 atom stereocenters. The molecule has 2 N–H and O–H groups in total. The minimum Gasteiger partial charge on any atom is -0.378 e. The summed E-state index contributed by atoms with van der Waals surface area (Å²) in [6.07, 6.45) is 2.02. The number of halogens is 2. The number of piperidine rings is 1. The summed E-state index contributed by atoms with van der Waals surface area (Å²) in [5, 5.41) is 0. The topological polar surface area (TPSA) is 58.8 Å². The zero-order valence-electron chi connectivity index (χ0n) is 10.5. The van der Waals surface area contributed by atoms with Crippen molar-refractivity contribution in [1.29, 1.82) is 0 Å². The number of nitrogens with two attached hydrogens (primary N) is 1. The van der Waals surface area contributed by atoms with Crippen LogP contribution in [0.15, 0.2) is 0 Å². The van der Waals surface area contributed by atoms with E-state index in [1.165, 1.54) is 0 Å². The Morgan fingerprint density at radius 3 is 2.22 bits per heavy atom. The predicted molar refractivity (Wildman–Crippen MR) is 75.5 cm³/mol. The quantitative estimate of drug-likeness (QED) is 0.786. The Balaban J connectivity index is 0.00000144. The molecular formula is C11H23Cl2N3O2. The first-order valence-corrected chi connectivity index (χ1v) is 6.09. The average molecular weight is 300 g/mol. The second-order valence-electron chi connectivity index (χ2n) is 4.61. The number of ether oxygens (including phenoxy) is 1. The van der Waals surface area contributed by atoms with Crippen molar-refractivity contribution in [2.45, 2.75) is 18.9 Å². The molecule has 2 aliphatic rings. The van der Waals surface area contributed by atoms with Crippen LogP contribution in [-0.4, -0.2) is 67.7 Å². The van der Waals surface area contributed by atoms with Gasteiger partial charge in [0.15, 0.2) is 0 Å². The van der Waals surface area contributed by atoms with Gasteiger partial charge in [0.2, 0.25) is 5.91 Å². The molecule has 2 aliphatic heterocycles. The summed E-state index contributed by atoms with van der Waals surface area (Å²) < 4.78 is 5.23. The molecule has 0 radical (unpaired) electrons. The summed E-state index contributed by atoms with van der Waals surface area (Å²) in [4.78, 5) is 16.1. The van der Waals surface area contributed by atoms with Gasteiger partial charge >= 0.3 is 0 Å². The van der Waals surface area contributed by atoms with Crippen molar-refractivity contribution in [3.05, 3.63) is 0 Å². The number of rotatable bonds is 2. The molecule has 0 bridgehead atoms. The minimum atomic E-state index is 0. The smallest absolute Gasteiger partial charge is 0.236 e. The molecule has 5 nitrogen and oxygen atoms in total. The van der Waals surface area contributed by atoms with Crippen LogP contribution in [0.3, 0.4) is 0 Å².